The van der Waals surface area contributed by atoms with E-state index in [0.717, 1.165) is 43.0 Å². The van der Waals surface area contributed by atoms with E-state index >= 15 is 0 Å². The number of aromatic nitrogens is 2. The first-order chi connectivity index (χ1) is 8.22. The molecule has 0 saturated carbocycles. The molecule has 0 radical (unpaired) electrons. The average molecular weight is 254 g/mol. The maximum absolute atomic E-state index is 12.3. The molecule has 2 heterocycles. The number of carbonyl (C=O) groups excluding carboxylic acids is 1. The Labute approximate surface area is 105 Å². The van der Waals surface area contributed by atoms with E-state index in [1.807, 2.05) is 4.90 Å². The average Bonchev–Trinajstić information content (AvgIpc) is 2.77. The molecule has 1 N–H and O–H groups in total. The molecule has 5 nitrogen and oxygen atoms in total. The standard InChI is InChI=1S/C11H18N4OS/c1-3-4-9-10(17-14-13-9)11(16)15-6-5-12-8(2)7-15/h8,12H,3-7H2,1-2H3/t8-/m0/s1. The van der Waals surface area contributed by atoms with E-state index in [-0.39, 0.29) is 5.91 Å². The number of aryl methyl sites for hydroxylation is 1. The molecule has 1 atom stereocenters. The number of piperazine rings is 1. The molecule has 0 spiro atoms. The highest BCUT2D eigenvalue weighted by Gasteiger charge is 2.25. The first-order valence-corrected chi connectivity index (χ1v) is 6.83. The van der Waals surface area contributed by atoms with Crippen molar-refractivity contribution < 1.29 is 4.79 Å². The number of hydrogen-bond acceptors (Lipinski definition) is 5. The molecule has 1 amide bonds. The molecule has 0 aromatic carbocycles. The highest BCUT2D eigenvalue weighted by atomic mass is 32.1. The van der Waals surface area contributed by atoms with Gasteiger partial charge in [0.15, 0.2) is 0 Å². The Bertz CT molecular complexity index is 393. The molecule has 1 aliphatic heterocycles. The predicted molar refractivity (Wildman–Crippen MR) is 67.3 cm³/mol. The van der Waals surface area contributed by atoms with Crippen LogP contribution >= 0.6 is 11.5 Å². The van der Waals surface area contributed by atoms with Gasteiger partial charge in [-0.25, -0.2) is 0 Å². The minimum absolute atomic E-state index is 0.0943. The summed E-state index contributed by atoms with van der Waals surface area (Å²) in [4.78, 5) is 15.0. The van der Waals surface area contributed by atoms with Gasteiger partial charge in [-0.1, -0.05) is 17.8 Å². The van der Waals surface area contributed by atoms with Crippen LogP contribution in [-0.2, 0) is 6.42 Å². The normalized spacial score (nSPS) is 20.6. The monoisotopic (exact) mass is 254 g/mol. The molecule has 0 bridgehead atoms. The van der Waals surface area contributed by atoms with Crippen molar-refractivity contribution in [2.75, 3.05) is 19.6 Å². The molecule has 94 valence electrons. The first-order valence-electron chi connectivity index (χ1n) is 6.06. The van der Waals surface area contributed by atoms with Crippen molar-refractivity contribution in [1.29, 1.82) is 0 Å². The molecule has 0 aliphatic carbocycles. The Morgan fingerprint density at radius 1 is 1.65 bits per heavy atom. The third-order valence-corrected chi connectivity index (χ3v) is 3.65. The van der Waals surface area contributed by atoms with E-state index in [1.54, 1.807) is 0 Å². The second kappa shape index (κ2) is 5.55. The van der Waals surface area contributed by atoms with Crippen LogP contribution in [0.4, 0.5) is 0 Å². The van der Waals surface area contributed by atoms with E-state index in [0.29, 0.717) is 6.04 Å². The quantitative estimate of drug-likeness (QED) is 0.871. The molecule has 17 heavy (non-hydrogen) atoms. The van der Waals surface area contributed by atoms with Gasteiger partial charge in [-0.15, -0.1) is 5.10 Å². The molecule has 1 saturated heterocycles. The first kappa shape index (κ1) is 12.4. The number of hydrogen-bond donors (Lipinski definition) is 1. The number of carbonyl (C=O) groups is 1. The van der Waals surface area contributed by atoms with E-state index in [4.69, 9.17) is 0 Å². The van der Waals surface area contributed by atoms with E-state index < -0.39 is 0 Å². The van der Waals surface area contributed by atoms with Gasteiger partial charge in [0.05, 0.1) is 5.69 Å². The van der Waals surface area contributed by atoms with Crippen molar-refractivity contribution in [3.63, 3.8) is 0 Å². The van der Waals surface area contributed by atoms with Crippen LogP contribution < -0.4 is 5.32 Å². The number of amides is 1. The molecular weight excluding hydrogens is 236 g/mol. The van der Waals surface area contributed by atoms with Gasteiger partial charge in [0.2, 0.25) is 0 Å². The summed E-state index contributed by atoms with van der Waals surface area (Å²) in [5, 5.41) is 7.38. The summed E-state index contributed by atoms with van der Waals surface area (Å²) in [5.41, 5.74) is 0.855. The second-order valence-electron chi connectivity index (χ2n) is 4.41. The van der Waals surface area contributed by atoms with Gasteiger partial charge in [0.1, 0.15) is 4.88 Å². The van der Waals surface area contributed by atoms with Gasteiger partial charge in [0, 0.05) is 25.7 Å². The van der Waals surface area contributed by atoms with Gasteiger partial charge < -0.3 is 10.2 Å². The summed E-state index contributed by atoms with van der Waals surface area (Å²) in [5.74, 6) is 0.0943. The van der Waals surface area contributed by atoms with Crippen LogP contribution in [0.2, 0.25) is 0 Å². The topological polar surface area (TPSA) is 58.1 Å². The minimum Gasteiger partial charge on any atom is -0.335 e. The van der Waals surface area contributed by atoms with Crippen molar-refractivity contribution in [3.8, 4) is 0 Å². The summed E-state index contributed by atoms with van der Waals surface area (Å²) < 4.78 is 3.90. The minimum atomic E-state index is 0.0943. The predicted octanol–water partition coefficient (Wildman–Crippen LogP) is 0.924. The second-order valence-corrected chi connectivity index (χ2v) is 5.16. The SMILES string of the molecule is CCCc1nnsc1C(=O)N1CCN[C@@H](C)C1. The fourth-order valence-electron chi connectivity index (χ4n) is 2.03. The van der Waals surface area contributed by atoms with Crippen molar-refractivity contribution in [2.45, 2.75) is 32.7 Å². The number of nitrogens with zero attached hydrogens (tertiary/aromatic N) is 3. The van der Waals surface area contributed by atoms with Crippen LogP contribution in [0.15, 0.2) is 0 Å². The molecule has 1 aliphatic rings. The number of nitrogens with one attached hydrogen (secondary N) is 1. The van der Waals surface area contributed by atoms with E-state index in [2.05, 4.69) is 28.8 Å². The molecular formula is C11H18N4OS. The fraction of sp³-hybridized carbons (Fsp3) is 0.727. The molecule has 6 heteroatoms. The van der Waals surface area contributed by atoms with Crippen LogP contribution in [0.3, 0.4) is 0 Å². The van der Waals surface area contributed by atoms with Gasteiger partial charge in [-0.3, -0.25) is 4.79 Å². The lowest BCUT2D eigenvalue weighted by atomic mass is 10.2. The van der Waals surface area contributed by atoms with Crippen LogP contribution in [0.25, 0.3) is 0 Å². The Kier molecular flexibility index (Phi) is 4.06. The largest absolute Gasteiger partial charge is 0.335 e. The summed E-state index contributed by atoms with van der Waals surface area (Å²) in [6, 6.07) is 0.364. The van der Waals surface area contributed by atoms with Crippen LogP contribution in [0, 0.1) is 0 Å². The zero-order chi connectivity index (χ0) is 12.3. The smallest absolute Gasteiger partial charge is 0.267 e. The molecule has 0 unspecified atom stereocenters. The van der Waals surface area contributed by atoms with E-state index in [9.17, 15) is 4.79 Å². The van der Waals surface area contributed by atoms with Gasteiger partial charge >= 0.3 is 0 Å². The number of rotatable bonds is 3. The zero-order valence-electron chi connectivity index (χ0n) is 10.3. The highest BCUT2D eigenvalue weighted by molar-refractivity contribution is 7.08. The Morgan fingerprint density at radius 2 is 2.47 bits per heavy atom. The summed E-state index contributed by atoms with van der Waals surface area (Å²) in [7, 11) is 0. The zero-order valence-corrected chi connectivity index (χ0v) is 11.1. The third-order valence-electron chi connectivity index (χ3n) is 2.89. The lowest BCUT2D eigenvalue weighted by molar-refractivity contribution is 0.0712. The highest BCUT2D eigenvalue weighted by Crippen LogP contribution is 2.16. The lowest BCUT2D eigenvalue weighted by Crippen LogP contribution is -2.51. The Hall–Kier alpha value is -1.01. The summed E-state index contributed by atoms with van der Waals surface area (Å²) >= 11 is 1.22. The van der Waals surface area contributed by atoms with Crippen molar-refractivity contribution in [3.05, 3.63) is 10.6 Å². The molecule has 2 rings (SSSR count). The van der Waals surface area contributed by atoms with Gasteiger partial charge in [0.25, 0.3) is 5.91 Å². The van der Waals surface area contributed by atoms with Crippen LogP contribution in [-0.4, -0.2) is 46.1 Å². The fourth-order valence-corrected chi connectivity index (χ4v) is 2.71. The molecule has 1 fully saturated rings. The van der Waals surface area contributed by atoms with Gasteiger partial charge in [-0.2, -0.15) is 0 Å². The Balaban J connectivity index is 2.10. The van der Waals surface area contributed by atoms with Crippen molar-refractivity contribution in [2.24, 2.45) is 0 Å². The maximum atomic E-state index is 12.3. The van der Waals surface area contributed by atoms with E-state index in [1.165, 1.54) is 11.5 Å². The molecule has 1 aromatic heterocycles. The Morgan fingerprint density at radius 3 is 3.18 bits per heavy atom. The molecule has 1 aromatic rings. The lowest BCUT2D eigenvalue weighted by Gasteiger charge is -2.31. The third kappa shape index (κ3) is 2.81. The maximum Gasteiger partial charge on any atom is 0.267 e. The van der Waals surface area contributed by atoms with Crippen LogP contribution in [0.1, 0.15) is 35.6 Å². The van der Waals surface area contributed by atoms with Crippen LogP contribution in [0.5, 0.6) is 0 Å². The van der Waals surface area contributed by atoms with Crippen molar-refractivity contribution in [1.82, 2.24) is 19.8 Å². The summed E-state index contributed by atoms with van der Waals surface area (Å²) in [6.07, 6.45) is 1.82. The van der Waals surface area contributed by atoms with Crippen molar-refractivity contribution >= 4 is 17.4 Å². The van der Waals surface area contributed by atoms with Gasteiger partial charge in [-0.05, 0) is 24.9 Å². The summed E-state index contributed by atoms with van der Waals surface area (Å²) in [6.45, 7) is 6.58.